The molecule has 0 fully saturated rings. The number of nitrogens with one attached hydrogen (secondary N) is 1. The zero-order valence-corrected chi connectivity index (χ0v) is 13.7. The van der Waals surface area contributed by atoms with Crippen molar-refractivity contribution in [1.82, 2.24) is 5.43 Å². The van der Waals surface area contributed by atoms with Crippen LogP contribution in [0.3, 0.4) is 0 Å². The molecule has 1 N–H and O–H groups in total. The van der Waals surface area contributed by atoms with Crippen molar-refractivity contribution in [2.75, 3.05) is 7.11 Å². The maximum Gasteiger partial charge on any atom is 0.275 e. The minimum absolute atomic E-state index is 0.293. The van der Waals surface area contributed by atoms with E-state index in [0.717, 1.165) is 21.2 Å². The summed E-state index contributed by atoms with van der Waals surface area (Å²) in [6.07, 6.45) is 1.66. The molecule has 3 rings (SSSR count). The van der Waals surface area contributed by atoms with Crippen molar-refractivity contribution < 1.29 is 9.53 Å². The van der Waals surface area contributed by atoms with Gasteiger partial charge in [0.15, 0.2) is 0 Å². The maximum atomic E-state index is 12.4. The standard InChI is InChI=1S/C18H16N2O2S/c1-12-7-8-23-17(12)11-19-20-18(21)15-9-13-5-3-4-6-14(13)10-16(15)22-2/h3-11H,1-2H3,(H,20,21). The first-order valence-corrected chi connectivity index (χ1v) is 8.01. The summed E-state index contributed by atoms with van der Waals surface area (Å²) in [5.41, 5.74) is 4.16. The summed E-state index contributed by atoms with van der Waals surface area (Å²) in [6, 6.07) is 13.5. The average Bonchev–Trinajstić information content (AvgIpc) is 2.98. The smallest absolute Gasteiger partial charge is 0.275 e. The van der Waals surface area contributed by atoms with Crippen molar-refractivity contribution in [3.8, 4) is 5.75 Å². The van der Waals surface area contributed by atoms with Crippen LogP contribution in [0.5, 0.6) is 5.75 Å². The normalized spacial score (nSPS) is 11.0. The fourth-order valence-corrected chi connectivity index (χ4v) is 3.08. The van der Waals surface area contributed by atoms with Crippen molar-refractivity contribution >= 4 is 34.2 Å². The third kappa shape index (κ3) is 3.24. The van der Waals surface area contributed by atoms with E-state index in [0.29, 0.717) is 11.3 Å². The molecule has 0 aliphatic rings. The van der Waals surface area contributed by atoms with E-state index in [1.807, 2.05) is 54.8 Å². The molecule has 1 amide bonds. The molecule has 0 saturated carbocycles. The fraction of sp³-hybridized carbons (Fsp3) is 0.111. The Hall–Kier alpha value is -2.66. The molecule has 0 unspecified atom stereocenters. The second kappa shape index (κ2) is 6.62. The fourth-order valence-electron chi connectivity index (χ4n) is 2.29. The summed E-state index contributed by atoms with van der Waals surface area (Å²) in [5, 5.41) is 8.04. The number of amides is 1. The second-order valence-corrected chi connectivity index (χ2v) is 6.01. The van der Waals surface area contributed by atoms with Gasteiger partial charge in [0.05, 0.1) is 18.9 Å². The van der Waals surface area contributed by atoms with Gasteiger partial charge in [-0.25, -0.2) is 5.43 Å². The van der Waals surface area contributed by atoms with Crippen LogP contribution >= 0.6 is 11.3 Å². The first-order chi connectivity index (χ1) is 11.2. The van der Waals surface area contributed by atoms with Crippen molar-refractivity contribution in [2.24, 2.45) is 5.10 Å². The third-order valence-electron chi connectivity index (χ3n) is 3.56. The molecule has 0 bridgehead atoms. The average molecular weight is 324 g/mol. The van der Waals surface area contributed by atoms with Gasteiger partial charge < -0.3 is 4.74 Å². The lowest BCUT2D eigenvalue weighted by Crippen LogP contribution is -2.18. The van der Waals surface area contributed by atoms with Crippen LogP contribution in [0.25, 0.3) is 10.8 Å². The van der Waals surface area contributed by atoms with Gasteiger partial charge in [0.2, 0.25) is 0 Å². The highest BCUT2D eigenvalue weighted by Crippen LogP contribution is 2.25. The molecule has 0 atom stereocenters. The number of fused-ring (bicyclic) bond motifs is 1. The molecule has 1 heterocycles. The Balaban J connectivity index is 1.85. The van der Waals surface area contributed by atoms with E-state index < -0.39 is 0 Å². The minimum atomic E-state index is -0.293. The van der Waals surface area contributed by atoms with Crippen LogP contribution in [-0.2, 0) is 0 Å². The quantitative estimate of drug-likeness (QED) is 0.583. The summed E-state index contributed by atoms with van der Waals surface area (Å²) in [6.45, 7) is 2.01. The third-order valence-corrected chi connectivity index (χ3v) is 4.52. The van der Waals surface area contributed by atoms with Crippen molar-refractivity contribution in [3.63, 3.8) is 0 Å². The predicted molar refractivity (Wildman–Crippen MR) is 94.6 cm³/mol. The van der Waals surface area contributed by atoms with Crippen LogP contribution in [0.4, 0.5) is 0 Å². The minimum Gasteiger partial charge on any atom is -0.496 e. The van der Waals surface area contributed by atoms with Crippen LogP contribution in [-0.4, -0.2) is 19.2 Å². The lowest BCUT2D eigenvalue weighted by atomic mass is 10.1. The van der Waals surface area contributed by atoms with Gasteiger partial charge in [-0.1, -0.05) is 24.3 Å². The van der Waals surface area contributed by atoms with Crippen LogP contribution in [0, 0.1) is 6.92 Å². The highest BCUT2D eigenvalue weighted by atomic mass is 32.1. The summed E-state index contributed by atoms with van der Waals surface area (Å²) < 4.78 is 5.34. The van der Waals surface area contributed by atoms with Gasteiger partial charge >= 0.3 is 0 Å². The largest absolute Gasteiger partial charge is 0.496 e. The monoisotopic (exact) mass is 324 g/mol. The SMILES string of the molecule is COc1cc2ccccc2cc1C(=O)NN=Cc1sccc1C. The molecule has 0 spiro atoms. The molecule has 1 aromatic heterocycles. The predicted octanol–water partition coefficient (Wildman–Crippen LogP) is 3.98. The van der Waals surface area contributed by atoms with Crippen molar-refractivity contribution in [3.05, 3.63) is 63.8 Å². The number of rotatable bonds is 4. The number of hydrogen-bond donors (Lipinski definition) is 1. The molecule has 3 aromatic rings. The second-order valence-electron chi connectivity index (χ2n) is 5.07. The number of thiophene rings is 1. The number of aryl methyl sites for hydroxylation is 1. The zero-order chi connectivity index (χ0) is 16.2. The van der Waals surface area contributed by atoms with Gasteiger partial charge in [0.1, 0.15) is 5.75 Å². The Morgan fingerprint density at radius 2 is 1.96 bits per heavy atom. The van der Waals surface area contributed by atoms with Crippen LogP contribution in [0.1, 0.15) is 20.8 Å². The first kappa shape index (κ1) is 15.2. The lowest BCUT2D eigenvalue weighted by Gasteiger charge is -2.09. The number of ether oxygens (including phenoxy) is 1. The van der Waals surface area contributed by atoms with Crippen LogP contribution in [0.15, 0.2) is 52.9 Å². The number of hydrogen-bond acceptors (Lipinski definition) is 4. The Labute approximate surface area is 138 Å². The van der Waals surface area contributed by atoms with E-state index in [4.69, 9.17) is 4.74 Å². The molecule has 4 nitrogen and oxygen atoms in total. The van der Waals surface area contributed by atoms with Gasteiger partial charge in [0, 0.05) is 4.88 Å². The highest BCUT2D eigenvalue weighted by molar-refractivity contribution is 7.11. The topological polar surface area (TPSA) is 50.7 Å². The summed E-state index contributed by atoms with van der Waals surface area (Å²) in [7, 11) is 1.55. The van der Waals surface area contributed by atoms with Gasteiger partial charge in [-0.2, -0.15) is 5.10 Å². The molecule has 2 aromatic carbocycles. The zero-order valence-electron chi connectivity index (χ0n) is 12.9. The van der Waals surface area contributed by atoms with Crippen molar-refractivity contribution in [2.45, 2.75) is 6.92 Å². The summed E-state index contributed by atoms with van der Waals surface area (Å²) in [5.74, 6) is 0.238. The lowest BCUT2D eigenvalue weighted by molar-refractivity contribution is 0.0952. The molecule has 0 aliphatic heterocycles. The Morgan fingerprint density at radius 1 is 1.22 bits per heavy atom. The number of nitrogens with zero attached hydrogens (tertiary/aromatic N) is 1. The molecule has 0 saturated heterocycles. The van der Waals surface area contributed by atoms with E-state index in [-0.39, 0.29) is 5.91 Å². The Kier molecular flexibility index (Phi) is 4.39. The molecule has 0 aliphatic carbocycles. The Bertz CT molecular complexity index is 884. The van der Waals surface area contributed by atoms with Gasteiger partial charge in [-0.05, 0) is 46.8 Å². The van der Waals surface area contributed by atoms with Crippen LogP contribution in [0.2, 0.25) is 0 Å². The Morgan fingerprint density at radius 3 is 2.61 bits per heavy atom. The molecule has 5 heteroatoms. The maximum absolute atomic E-state index is 12.4. The highest BCUT2D eigenvalue weighted by Gasteiger charge is 2.13. The first-order valence-electron chi connectivity index (χ1n) is 7.13. The molecule has 116 valence electrons. The van der Waals surface area contributed by atoms with Gasteiger partial charge in [-0.3, -0.25) is 4.79 Å². The number of hydrazone groups is 1. The molecule has 23 heavy (non-hydrogen) atoms. The van der Waals surface area contributed by atoms with E-state index in [1.165, 1.54) is 0 Å². The van der Waals surface area contributed by atoms with E-state index in [9.17, 15) is 4.79 Å². The van der Waals surface area contributed by atoms with Gasteiger partial charge in [-0.15, -0.1) is 11.3 Å². The number of benzene rings is 2. The molecular weight excluding hydrogens is 308 g/mol. The number of methoxy groups -OCH3 is 1. The summed E-state index contributed by atoms with van der Waals surface area (Å²) >= 11 is 1.58. The van der Waals surface area contributed by atoms with E-state index in [2.05, 4.69) is 10.5 Å². The summed E-state index contributed by atoms with van der Waals surface area (Å²) in [4.78, 5) is 13.4. The van der Waals surface area contributed by atoms with E-state index >= 15 is 0 Å². The van der Waals surface area contributed by atoms with Gasteiger partial charge in [0.25, 0.3) is 5.91 Å². The number of carbonyl (C=O) groups is 1. The molecular formula is C18H16N2O2S. The van der Waals surface area contributed by atoms with E-state index in [1.54, 1.807) is 24.7 Å². The number of carbonyl (C=O) groups excluding carboxylic acids is 1. The van der Waals surface area contributed by atoms with Crippen molar-refractivity contribution in [1.29, 1.82) is 0 Å². The van der Waals surface area contributed by atoms with Crippen LogP contribution < -0.4 is 10.2 Å². The molecule has 0 radical (unpaired) electrons.